The van der Waals surface area contributed by atoms with Crippen LogP contribution in [0.1, 0.15) is 136 Å². The molecular formula is C33H54O5. The first kappa shape index (κ1) is 34.0. The van der Waals surface area contributed by atoms with E-state index >= 15 is 0 Å². The number of allylic oxidation sites excluding steroid dienone is 2. The van der Waals surface area contributed by atoms with E-state index < -0.39 is 5.60 Å². The van der Waals surface area contributed by atoms with Crippen LogP contribution in [0.3, 0.4) is 0 Å². The van der Waals surface area contributed by atoms with Gasteiger partial charge in [-0.25, -0.2) is 0 Å². The van der Waals surface area contributed by atoms with E-state index in [2.05, 4.69) is 13.2 Å². The van der Waals surface area contributed by atoms with Gasteiger partial charge in [-0.1, -0.05) is 50.7 Å². The van der Waals surface area contributed by atoms with Gasteiger partial charge in [-0.2, -0.15) is 0 Å². The highest BCUT2D eigenvalue weighted by molar-refractivity contribution is 5.87. The quantitative estimate of drug-likeness (QED) is 0.196. The van der Waals surface area contributed by atoms with Gasteiger partial charge in [0.25, 0.3) is 0 Å². The number of rotatable bonds is 6. The Labute approximate surface area is 232 Å². The van der Waals surface area contributed by atoms with Crippen molar-refractivity contribution in [1.29, 1.82) is 0 Å². The molecule has 0 amide bonds. The third kappa shape index (κ3) is 15.4. The van der Waals surface area contributed by atoms with Gasteiger partial charge in [0.05, 0.1) is 6.42 Å². The smallest absolute Gasteiger partial charge is 0.307 e. The fraction of sp³-hybridized carbons (Fsp3) is 0.758. The molecule has 216 valence electrons. The van der Waals surface area contributed by atoms with Crippen LogP contribution in [0.2, 0.25) is 0 Å². The van der Waals surface area contributed by atoms with E-state index in [-0.39, 0.29) is 30.0 Å². The number of carbonyl (C=O) groups excluding carboxylic acids is 4. The molecule has 38 heavy (non-hydrogen) atoms. The van der Waals surface area contributed by atoms with Crippen LogP contribution in [0.15, 0.2) is 25.3 Å². The average molecular weight is 531 g/mol. The number of esters is 1. The molecule has 5 nitrogen and oxygen atoms in total. The third-order valence-electron chi connectivity index (χ3n) is 7.49. The van der Waals surface area contributed by atoms with Crippen LogP contribution in [-0.4, -0.2) is 28.9 Å². The molecule has 0 heterocycles. The minimum absolute atomic E-state index is 0.0486. The first-order valence-electron chi connectivity index (χ1n) is 15.1. The summed E-state index contributed by atoms with van der Waals surface area (Å²) in [5.74, 6) is 1.09. The Morgan fingerprint density at radius 3 is 1.79 bits per heavy atom. The molecule has 2 unspecified atom stereocenters. The maximum absolute atomic E-state index is 12.4. The maximum atomic E-state index is 12.4. The molecule has 5 heteroatoms. The van der Waals surface area contributed by atoms with Crippen molar-refractivity contribution >= 4 is 23.3 Å². The summed E-state index contributed by atoms with van der Waals surface area (Å²) in [5, 5.41) is 0. The Morgan fingerprint density at radius 2 is 1.21 bits per heavy atom. The standard InChI is InChI=1S/C16H26O3.C10H16O.C7H12O/c1-5-8-12-9-6-7-10-13(15(12)18)11-14(17)19-16(2,3)4;1-2-6-9-7-4-3-5-8-10(9)11;8-7-5-3-1-2-4-6-7/h5,12-13H,1,6-11H2,2-4H3;2,9H,1,3-8H2;1-6H2/t12?,13-;;/m0../s1. The van der Waals surface area contributed by atoms with E-state index in [1.54, 1.807) is 6.08 Å². The molecule has 3 saturated carbocycles. The number of ether oxygens (including phenoxy) is 1. The van der Waals surface area contributed by atoms with E-state index in [1.165, 1.54) is 25.7 Å². The Morgan fingerprint density at radius 1 is 0.737 bits per heavy atom. The molecule has 3 atom stereocenters. The average Bonchev–Trinajstić information content (AvgIpc) is 3.28. The lowest BCUT2D eigenvalue weighted by atomic mass is 9.87. The summed E-state index contributed by atoms with van der Waals surface area (Å²) >= 11 is 0. The zero-order chi connectivity index (χ0) is 28.4. The van der Waals surface area contributed by atoms with Crippen molar-refractivity contribution in [3.8, 4) is 0 Å². The van der Waals surface area contributed by atoms with E-state index in [0.29, 0.717) is 17.5 Å². The lowest BCUT2D eigenvalue weighted by Gasteiger charge is -2.22. The van der Waals surface area contributed by atoms with Crippen LogP contribution in [0.5, 0.6) is 0 Å². The number of hydrogen-bond acceptors (Lipinski definition) is 5. The molecule has 0 saturated heterocycles. The second-order valence-electron chi connectivity index (χ2n) is 12.1. The SMILES string of the molecule is C=CCC1CCCCCC1=O.C=CCC1CCCC[C@@H](CC(=O)OC(C)(C)C)C1=O.O=C1CCCCCC1. The molecule has 0 spiro atoms. The summed E-state index contributed by atoms with van der Waals surface area (Å²) in [7, 11) is 0. The molecule has 0 aromatic carbocycles. The lowest BCUT2D eigenvalue weighted by molar-refractivity contribution is -0.157. The molecule has 0 N–H and O–H groups in total. The van der Waals surface area contributed by atoms with Gasteiger partial charge in [0.1, 0.15) is 23.0 Å². The van der Waals surface area contributed by atoms with Crippen molar-refractivity contribution in [1.82, 2.24) is 0 Å². The largest absolute Gasteiger partial charge is 0.460 e. The number of carbonyl (C=O) groups is 4. The Balaban J connectivity index is 0.000000318. The normalized spacial score (nSPS) is 24.7. The second-order valence-corrected chi connectivity index (χ2v) is 12.1. The summed E-state index contributed by atoms with van der Waals surface area (Å²) in [4.78, 5) is 46.3. The van der Waals surface area contributed by atoms with E-state index in [9.17, 15) is 19.2 Å². The maximum Gasteiger partial charge on any atom is 0.307 e. The molecule has 3 rings (SSSR count). The predicted octanol–water partition coefficient (Wildman–Crippen LogP) is 8.29. The Bertz CT molecular complexity index is 750. The zero-order valence-electron chi connectivity index (χ0n) is 24.6. The topological polar surface area (TPSA) is 77.5 Å². The first-order valence-corrected chi connectivity index (χ1v) is 15.1. The van der Waals surface area contributed by atoms with Crippen LogP contribution >= 0.6 is 0 Å². The number of Topliss-reactive ketones (excluding diaryl/α,β-unsaturated/α-hetero) is 3. The van der Waals surface area contributed by atoms with Crippen molar-refractivity contribution < 1.29 is 23.9 Å². The van der Waals surface area contributed by atoms with Gasteiger partial charge in [0, 0.05) is 37.0 Å². The number of hydrogen-bond donors (Lipinski definition) is 0. The van der Waals surface area contributed by atoms with E-state index in [0.717, 1.165) is 83.5 Å². The molecule has 0 aromatic rings. The van der Waals surface area contributed by atoms with Gasteiger partial charge in [-0.15, -0.1) is 13.2 Å². The highest BCUT2D eigenvalue weighted by Gasteiger charge is 2.31. The molecule has 3 aliphatic rings. The van der Waals surface area contributed by atoms with E-state index in [1.807, 2.05) is 26.8 Å². The van der Waals surface area contributed by atoms with Crippen LogP contribution in [0.25, 0.3) is 0 Å². The van der Waals surface area contributed by atoms with Crippen molar-refractivity contribution in [2.75, 3.05) is 0 Å². The van der Waals surface area contributed by atoms with Gasteiger partial charge in [0.15, 0.2) is 0 Å². The number of ketones is 3. The van der Waals surface area contributed by atoms with Gasteiger partial charge in [-0.3, -0.25) is 19.2 Å². The molecular weight excluding hydrogens is 476 g/mol. The fourth-order valence-electron chi connectivity index (χ4n) is 5.43. The van der Waals surface area contributed by atoms with Gasteiger partial charge >= 0.3 is 5.97 Å². The summed E-state index contributed by atoms with van der Waals surface area (Å²) in [6.45, 7) is 12.9. The summed E-state index contributed by atoms with van der Waals surface area (Å²) in [6, 6.07) is 0. The Kier molecular flexibility index (Phi) is 17.1. The molecule has 3 fully saturated rings. The fourth-order valence-corrected chi connectivity index (χ4v) is 5.43. The minimum Gasteiger partial charge on any atom is -0.460 e. The van der Waals surface area contributed by atoms with Crippen molar-refractivity contribution in [3.05, 3.63) is 25.3 Å². The lowest BCUT2D eigenvalue weighted by Crippen LogP contribution is -2.29. The van der Waals surface area contributed by atoms with Crippen molar-refractivity contribution in [2.24, 2.45) is 17.8 Å². The molecule has 0 bridgehead atoms. The third-order valence-corrected chi connectivity index (χ3v) is 7.49. The first-order chi connectivity index (χ1) is 18.1. The van der Waals surface area contributed by atoms with Gasteiger partial charge < -0.3 is 4.74 Å². The Hall–Kier alpha value is -2.04. The van der Waals surface area contributed by atoms with Crippen molar-refractivity contribution in [2.45, 2.75) is 142 Å². The van der Waals surface area contributed by atoms with Crippen LogP contribution < -0.4 is 0 Å². The molecule has 0 radical (unpaired) electrons. The van der Waals surface area contributed by atoms with Crippen LogP contribution in [0.4, 0.5) is 0 Å². The molecule has 0 aliphatic heterocycles. The van der Waals surface area contributed by atoms with E-state index in [4.69, 9.17) is 4.74 Å². The summed E-state index contributed by atoms with van der Waals surface area (Å²) in [5.41, 5.74) is -0.481. The monoisotopic (exact) mass is 530 g/mol. The molecule has 0 aromatic heterocycles. The summed E-state index contributed by atoms with van der Waals surface area (Å²) in [6.07, 6.45) is 21.3. The van der Waals surface area contributed by atoms with Crippen molar-refractivity contribution in [3.63, 3.8) is 0 Å². The highest BCUT2D eigenvalue weighted by atomic mass is 16.6. The zero-order valence-corrected chi connectivity index (χ0v) is 24.6. The minimum atomic E-state index is -0.481. The van der Waals surface area contributed by atoms with Gasteiger partial charge in [0.2, 0.25) is 0 Å². The second kappa shape index (κ2) is 19.1. The summed E-state index contributed by atoms with van der Waals surface area (Å²) < 4.78 is 5.31. The predicted molar refractivity (Wildman–Crippen MR) is 155 cm³/mol. The van der Waals surface area contributed by atoms with Crippen LogP contribution in [-0.2, 0) is 23.9 Å². The van der Waals surface area contributed by atoms with Gasteiger partial charge in [-0.05, 0) is 72.1 Å². The van der Waals surface area contributed by atoms with Crippen LogP contribution in [0, 0.1) is 17.8 Å². The highest BCUT2D eigenvalue weighted by Crippen LogP contribution is 2.29. The molecule has 3 aliphatic carbocycles.